The molecule has 1 aromatic rings. The molecule has 0 aliphatic carbocycles. The molecule has 1 heterocycles. The average Bonchev–Trinajstić information content (AvgIpc) is 2.37. The molecular formula is C14H24N2S. The molecule has 0 amide bonds. The maximum absolute atomic E-state index is 4.43. The molecule has 0 spiro atoms. The first-order valence-electron chi connectivity index (χ1n) is 6.44. The Balaban J connectivity index is 2.27. The summed E-state index contributed by atoms with van der Waals surface area (Å²) in [6.45, 7) is 4.51. The van der Waals surface area contributed by atoms with Crippen LogP contribution in [0.15, 0.2) is 24.5 Å². The molecule has 0 saturated heterocycles. The second-order valence-electron chi connectivity index (χ2n) is 4.70. The predicted octanol–water partition coefficient (Wildman–Crippen LogP) is 2.90. The van der Waals surface area contributed by atoms with Gasteiger partial charge in [-0.15, -0.1) is 0 Å². The minimum atomic E-state index is 0.728. The molecule has 0 bridgehead atoms. The minimum absolute atomic E-state index is 0.728. The molecule has 0 aliphatic heterocycles. The van der Waals surface area contributed by atoms with Gasteiger partial charge in [-0.25, -0.2) is 0 Å². The average molecular weight is 252 g/mol. The quantitative estimate of drug-likeness (QED) is 0.716. The van der Waals surface area contributed by atoms with Crippen LogP contribution in [0.25, 0.3) is 0 Å². The number of rotatable bonds is 8. The number of pyridine rings is 1. The van der Waals surface area contributed by atoms with Crippen LogP contribution in [-0.4, -0.2) is 35.8 Å². The number of thiol groups is 1. The van der Waals surface area contributed by atoms with Gasteiger partial charge < -0.3 is 4.90 Å². The highest BCUT2D eigenvalue weighted by atomic mass is 32.1. The first kappa shape index (κ1) is 14.5. The molecular weight excluding hydrogens is 228 g/mol. The highest BCUT2D eigenvalue weighted by Crippen LogP contribution is 2.10. The first-order valence-corrected chi connectivity index (χ1v) is 7.07. The monoisotopic (exact) mass is 252 g/mol. The third kappa shape index (κ3) is 6.08. The maximum Gasteiger partial charge on any atom is 0.0270 e. The Morgan fingerprint density at radius 1 is 1.35 bits per heavy atom. The zero-order valence-corrected chi connectivity index (χ0v) is 11.9. The van der Waals surface area contributed by atoms with E-state index in [-0.39, 0.29) is 0 Å². The Hall–Kier alpha value is -0.540. The van der Waals surface area contributed by atoms with Gasteiger partial charge in [-0.1, -0.05) is 13.3 Å². The van der Waals surface area contributed by atoms with Crippen LogP contribution in [-0.2, 0) is 6.42 Å². The van der Waals surface area contributed by atoms with Crippen LogP contribution in [0.4, 0.5) is 0 Å². The van der Waals surface area contributed by atoms with Crippen molar-refractivity contribution in [2.45, 2.75) is 26.2 Å². The summed E-state index contributed by atoms with van der Waals surface area (Å²) >= 11 is 4.43. The Morgan fingerprint density at radius 2 is 2.06 bits per heavy atom. The third-order valence-corrected chi connectivity index (χ3v) is 3.57. The van der Waals surface area contributed by atoms with Crippen molar-refractivity contribution in [3.63, 3.8) is 0 Å². The molecule has 96 valence electrons. The number of hydrogen-bond acceptors (Lipinski definition) is 3. The summed E-state index contributed by atoms with van der Waals surface area (Å²) in [5, 5.41) is 0. The Morgan fingerprint density at radius 3 is 2.65 bits per heavy atom. The number of nitrogens with zero attached hydrogens (tertiary/aromatic N) is 2. The molecule has 0 saturated carbocycles. The molecule has 1 aromatic heterocycles. The molecule has 0 N–H and O–H groups in total. The highest BCUT2D eigenvalue weighted by molar-refractivity contribution is 7.80. The lowest BCUT2D eigenvalue weighted by Crippen LogP contribution is -2.28. The van der Waals surface area contributed by atoms with E-state index in [9.17, 15) is 0 Å². The van der Waals surface area contributed by atoms with Gasteiger partial charge in [-0.3, -0.25) is 4.98 Å². The van der Waals surface area contributed by atoms with Gasteiger partial charge in [0.25, 0.3) is 0 Å². The van der Waals surface area contributed by atoms with Crippen LogP contribution in [0.2, 0.25) is 0 Å². The largest absolute Gasteiger partial charge is 0.306 e. The maximum atomic E-state index is 4.43. The second kappa shape index (κ2) is 8.54. The van der Waals surface area contributed by atoms with Gasteiger partial charge >= 0.3 is 0 Å². The molecule has 1 atom stereocenters. The summed E-state index contributed by atoms with van der Waals surface area (Å²) in [6, 6.07) is 4.19. The zero-order valence-electron chi connectivity index (χ0n) is 11.0. The van der Waals surface area contributed by atoms with Crippen LogP contribution in [0.3, 0.4) is 0 Å². The van der Waals surface area contributed by atoms with Crippen molar-refractivity contribution in [1.29, 1.82) is 0 Å². The minimum Gasteiger partial charge on any atom is -0.306 e. The zero-order chi connectivity index (χ0) is 12.5. The van der Waals surface area contributed by atoms with E-state index in [2.05, 4.69) is 48.6 Å². The van der Waals surface area contributed by atoms with Crippen LogP contribution >= 0.6 is 12.6 Å². The lowest BCUT2D eigenvalue weighted by Gasteiger charge is -2.22. The molecule has 17 heavy (non-hydrogen) atoms. The van der Waals surface area contributed by atoms with Crippen molar-refractivity contribution >= 4 is 12.6 Å². The van der Waals surface area contributed by atoms with Crippen molar-refractivity contribution in [3.05, 3.63) is 30.1 Å². The fourth-order valence-electron chi connectivity index (χ4n) is 2.05. The first-order chi connectivity index (χ1) is 8.26. The van der Waals surface area contributed by atoms with Crippen molar-refractivity contribution in [2.24, 2.45) is 5.92 Å². The van der Waals surface area contributed by atoms with Crippen molar-refractivity contribution in [2.75, 3.05) is 25.9 Å². The summed E-state index contributed by atoms with van der Waals surface area (Å²) in [5.41, 5.74) is 1.37. The van der Waals surface area contributed by atoms with Gasteiger partial charge in [-0.05, 0) is 49.3 Å². The normalized spacial score (nSPS) is 12.9. The van der Waals surface area contributed by atoms with Gasteiger partial charge in [0.1, 0.15) is 0 Å². The molecule has 3 heteroatoms. The van der Waals surface area contributed by atoms with Crippen LogP contribution in [0, 0.1) is 5.92 Å². The fourth-order valence-corrected chi connectivity index (χ4v) is 2.35. The predicted molar refractivity (Wildman–Crippen MR) is 77.7 cm³/mol. The van der Waals surface area contributed by atoms with Crippen LogP contribution in [0.5, 0.6) is 0 Å². The fraction of sp³-hybridized carbons (Fsp3) is 0.643. The topological polar surface area (TPSA) is 16.1 Å². The molecule has 1 unspecified atom stereocenters. The van der Waals surface area contributed by atoms with E-state index in [1.165, 1.54) is 18.4 Å². The summed E-state index contributed by atoms with van der Waals surface area (Å²) in [4.78, 5) is 6.45. The molecule has 0 aliphatic rings. The number of aromatic nitrogens is 1. The Labute approximate surface area is 111 Å². The smallest absolute Gasteiger partial charge is 0.0270 e. The standard InChI is InChI=1S/C14H24N2S/c1-3-4-14(12-17)11-16(2)10-7-13-5-8-15-9-6-13/h5-6,8-9,14,17H,3-4,7,10-12H2,1-2H3. The Bertz CT molecular complexity index is 290. The Kier molecular flexibility index (Phi) is 7.29. The van der Waals surface area contributed by atoms with Crippen molar-refractivity contribution in [1.82, 2.24) is 9.88 Å². The van der Waals surface area contributed by atoms with Gasteiger partial charge in [0.15, 0.2) is 0 Å². The van der Waals surface area contributed by atoms with E-state index in [4.69, 9.17) is 0 Å². The van der Waals surface area contributed by atoms with E-state index in [1.54, 1.807) is 0 Å². The number of hydrogen-bond donors (Lipinski definition) is 1. The summed E-state index contributed by atoms with van der Waals surface area (Å²) < 4.78 is 0. The highest BCUT2D eigenvalue weighted by Gasteiger charge is 2.08. The van der Waals surface area contributed by atoms with Crippen molar-refractivity contribution in [3.8, 4) is 0 Å². The lowest BCUT2D eigenvalue weighted by atomic mass is 10.1. The van der Waals surface area contributed by atoms with Crippen LogP contribution in [0.1, 0.15) is 25.3 Å². The van der Waals surface area contributed by atoms with Crippen LogP contribution < -0.4 is 0 Å². The number of likely N-dealkylation sites (N-methyl/N-ethyl adjacent to an activating group) is 1. The van der Waals surface area contributed by atoms with Gasteiger partial charge in [0, 0.05) is 25.5 Å². The van der Waals surface area contributed by atoms with E-state index in [0.29, 0.717) is 0 Å². The molecule has 0 fully saturated rings. The van der Waals surface area contributed by atoms with Crippen molar-refractivity contribution < 1.29 is 0 Å². The summed E-state index contributed by atoms with van der Waals surface area (Å²) in [7, 11) is 2.20. The summed E-state index contributed by atoms with van der Waals surface area (Å²) in [6.07, 6.45) is 7.36. The summed E-state index contributed by atoms with van der Waals surface area (Å²) in [5.74, 6) is 1.72. The van der Waals surface area contributed by atoms with Gasteiger partial charge in [0.05, 0.1) is 0 Å². The van der Waals surface area contributed by atoms with Gasteiger partial charge in [0.2, 0.25) is 0 Å². The molecule has 1 rings (SSSR count). The van der Waals surface area contributed by atoms with E-state index < -0.39 is 0 Å². The third-order valence-electron chi connectivity index (χ3n) is 3.06. The van der Waals surface area contributed by atoms with Gasteiger partial charge in [-0.2, -0.15) is 12.6 Å². The van der Waals surface area contributed by atoms with E-state index in [1.807, 2.05) is 12.4 Å². The molecule has 0 radical (unpaired) electrons. The van der Waals surface area contributed by atoms with E-state index in [0.717, 1.165) is 31.2 Å². The SMILES string of the molecule is CCCC(CS)CN(C)CCc1ccncc1. The second-order valence-corrected chi connectivity index (χ2v) is 5.07. The van der Waals surface area contributed by atoms with E-state index >= 15 is 0 Å². The lowest BCUT2D eigenvalue weighted by molar-refractivity contribution is 0.283. The molecule has 2 nitrogen and oxygen atoms in total. The molecule has 0 aromatic carbocycles.